The van der Waals surface area contributed by atoms with E-state index in [0.717, 1.165) is 46.3 Å². The van der Waals surface area contributed by atoms with Crippen molar-refractivity contribution in [1.82, 2.24) is 10.3 Å². The molecule has 88 valence electrons. The number of hydrogen-bond acceptors (Lipinski definition) is 2. The Morgan fingerprint density at radius 2 is 2.06 bits per heavy atom. The Morgan fingerprint density at radius 1 is 1.24 bits per heavy atom. The van der Waals surface area contributed by atoms with Crippen molar-refractivity contribution in [2.45, 2.75) is 26.8 Å². The average molecular weight is 228 g/mol. The van der Waals surface area contributed by atoms with E-state index in [1.165, 1.54) is 0 Å². The molecule has 1 aliphatic heterocycles. The van der Waals surface area contributed by atoms with Crippen molar-refractivity contribution in [2.24, 2.45) is 0 Å². The molecule has 1 aromatic carbocycles. The van der Waals surface area contributed by atoms with Gasteiger partial charge >= 0.3 is 0 Å². The van der Waals surface area contributed by atoms with Crippen molar-refractivity contribution < 1.29 is 0 Å². The van der Waals surface area contributed by atoms with Crippen LogP contribution in [0.5, 0.6) is 0 Å². The van der Waals surface area contributed by atoms with Crippen LogP contribution in [0.25, 0.3) is 10.9 Å². The number of aryl methyl sites for hydroxylation is 2. The van der Waals surface area contributed by atoms with E-state index < -0.39 is 0 Å². The minimum atomic E-state index is 0.188. The first-order valence-corrected chi connectivity index (χ1v) is 6.02. The van der Waals surface area contributed by atoms with Crippen LogP contribution < -0.4 is 10.7 Å². The van der Waals surface area contributed by atoms with Gasteiger partial charge in [0.25, 0.3) is 0 Å². The number of H-pyrrole nitrogens is 1. The monoisotopic (exact) mass is 228 g/mol. The molecule has 0 fully saturated rings. The fourth-order valence-electron chi connectivity index (χ4n) is 2.67. The maximum absolute atomic E-state index is 12.4. The van der Waals surface area contributed by atoms with Gasteiger partial charge in [0.05, 0.1) is 5.52 Å². The second kappa shape index (κ2) is 3.70. The number of fused-ring (bicyclic) bond motifs is 2. The van der Waals surface area contributed by atoms with Crippen LogP contribution in [0.2, 0.25) is 0 Å². The summed E-state index contributed by atoms with van der Waals surface area (Å²) in [4.78, 5) is 15.9. The summed E-state index contributed by atoms with van der Waals surface area (Å²) in [5.41, 5.74) is 5.50. The summed E-state index contributed by atoms with van der Waals surface area (Å²) in [6.45, 7) is 5.72. The predicted octanol–water partition coefficient (Wildman–Crippen LogP) is 1.79. The van der Waals surface area contributed by atoms with Crippen molar-refractivity contribution >= 4 is 10.9 Å². The van der Waals surface area contributed by atoms with Crippen LogP contribution in [-0.4, -0.2) is 11.5 Å². The normalized spacial score (nSPS) is 14.9. The van der Waals surface area contributed by atoms with Crippen molar-refractivity contribution in [3.63, 3.8) is 0 Å². The van der Waals surface area contributed by atoms with E-state index in [-0.39, 0.29) is 5.43 Å². The highest BCUT2D eigenvalue weighted by molar-refractivity contribution is 5.83. The summed E-state index contributed by atoms with van der Waals surface area (Å²) in [5.74, 6) is 0. The lowest BCUT2D eigenvalue weighted by molar-refractivity contribution is 0.629. The second-order valence-electron chi connectivity index (χ2n) is 4.84. The number of aromatic nitrogens is 1. The van der Waals surface area contributed by atoms with Gasteiger partial charge in [-0.2, -0.15) is 0 Å². The predicted molar refractivity (Wildman–Crippen MR) is 69.5 cm³/mol. The van der Waals surface area contributed by atoms with Crippen LogP contribution in [0.1, 0.15) is 22.4 Å². The molecule has 3 rings (SSSR count). The molecule has 0 atom stereocenters. The zero-order valence-corrected chi connectivity index (χ0v) is 10.2. The van der Waals surface area contributed by atoms with Gasteiger partial charge in [-0.05, 0) is 31.0 Å². The van der Waals surface area contributed by atoms with E-state index in [1.54, 1.807) is 0 Å². The van der Waals surface area contributed by atoms with Gasteiger partial charge in [-0.3, -0.25) is 4.79 Å². The topological polar surface area (TPSA) is 44.9 Å². The Morgan fingerprint density at radius 3 is 2.88 bits per heavy atom. The van der Waals surface area contributed by atoms with Crippen molar-refractivity contribution in [3.8, 4) is 0 Å². The highest BCUT2D eigenvalue weighted by Gasteiger charge is 2.15. The molecule has 0 bridgehead atoms. The molecule has 0 amide bonds. The van der Waals surface area contributed by atoms with Crippen LogP contribution in [0.15, 0.2) is 16.9 Å². The lowest BCUT2D eigenvalue weighted by Gasteiger charge is -2.18. The van der Waals surface area contributed by atoms with Crippen molar-refractivity contribution in [2.75, 3.05) is 6.54 Å². The van der Waals surface area contributed by atoms with Gasteiger partial charge in [0.15, 0.2) is 5.43 Å². The zero-order chi connectivity index (χ0) is 12.0. The number of pyridine rings is 1. The van der Waals surface area contributed by atoms with Crippen LogP contribution in [0.4, 0.5) is 0 Å². The first-order chi connectivity index (χ1) is 8.16. The highest BCUT2D eigenvalue weighted by atomic mass is 16.1. The SMILES string of the molecule is Cc1cc(C)c2[nH]c3c(c(=O)c2c1)CNCC3. The second-order valence-corrected chi connectivity index (χ2v) is 4.84. The lowest BCUT2D eigenvalue weighted by atomic mass is 10.0. The number of rotatable bonds is 0. The van der Waals surface area contributed by atoms with Crippen molar-refractivity contribution in [3.05, 3.63) is 44.7 Å². The largest absolute Gasteiger partial charge is 0.358 e. The molecule has 2 heterocycles. The Bertz CT molecular complexity index is 655. The van der Waals surface area contributed by atoms with Crippen LogP contribution in [0, 0.1) is 13.8 Å². The van der Waals surface area contributed by atoms with Gasteiger partial charge in [-0.15, -0.1) is 0 Å². The molecule has 2 aromatic rings. The van der Waals surface area contributed by atoms with Crippen molar-refractivity contribution in [1.29, 1.82) is 0 Å². The Labute approximate surface area is 99.9 Å². The minimum absolute atomic E-state index is 0.188. The molecule has 1 aliphatic rings. The number of aromatic amines is 1. The van der Waals surface area contributed by atoms with Gasteiger partial charge in [-0.25, -0.2) is 0 Å². The molecule has 0 unspecified atom stereocenters. The first kappa shape index (κ1) is 10.5. The summed E-state index contributed by atoms with van der Waals surface area (Å²) in [6, 6.07) is 4.10. The van der Waals surface area contributed by atoms with Gasteiger partial charge in [-0.1, -0.05) is 6.07 Å². The molecule has 17 heavy (non-hydrogen) atoms. The summed E-state index contributed by atoms with van der Waals surface area (Å²) < 4.78 is 0. The highest BCUT2D eigenvalue weighted by Crippen LogP contribution is 2.19. The third-order valence-electron chi connectivity index (χ3n) is 3.49. The van der Waals surface area contributed by atoms with Gasteiger partial charge in [0.2, 0.25) is 0 Å². The maximum atomic E-state index is 12.4. The van der Waals surface area contributed by atoms with Gasteiger partial charge < -0.3 is 10.3 Å². The molecule has 0 spiro atoms. The smallest absolute Gasteiger partial charge is 0.194 e. The summed E-state index contributed by atoms with van der Waals surface area (Å²) in [7, 11) is 0. The summed E-state index contributed by atoms with van der Waals surface area (Å²) in [6.07, 6.45) is 0.911. The van der Waals surface area contributed by atoms with Crippen LogP contribution >= 0.6 is 0 Å². The number of benzene rings is 1. The molecular weight excluding hydrogens is 212 g/mol. The van der Waals surface area contributed by atoms with E-state index in [2.05, 4.69) is 23.3 Å². The molecule has 0 saturated carbocycles. The molecule has 2 N–H and O–H groups in total. The standard InChI is InChI=1S/C14H16N2O/c1-8-5-9(2)13-10(6-8)14(17)11-7-15-4-3-12(11)16-13/h5-6,15H,3-4,7H2,1-2H3,(H,16,17). The molecule has 3 nitrogen and oxygen atoms in total. The molecule has 3 heteroatoms. The zero-order valence-electron chi connectivity index (χ0n) is 10.2. The van der Waals surface area contributed by atoms with E-state index in [0.29, 0.717) is 6.54 Å². The Kier molecular flexibility index (Phi) is 2.30. The molecular formula is C14H16N2O. The number of nitrogens with one attached hydrogen (secondary N) is 2. The third-order valence-corrected chi connectivity index (χ3v) is 3.49. The van der Waals surface area contributed by atoms with E-state index in [4.69, 9.17) is 0 Å². The summed E-state index contributed by atoms with van der Waals surface area (Å²) >= 11 is 0. The van der Waals surface area contributed by atoms with Crippen LogP contribution in [0.3, 0.4) is 0 Å². The Balaban J connectivity index is 2.44. The summed E-state index contributed by atoms with van der Waals surface area (Å²) in [5, 5.41) is 4.08. The average Bonchev–Trinajstić information content (AvgIpc) is 2.31. The van der Waals surface area contributed by atoms with E-state index >= 15 is 0 Å². The number of hydrogen-bond donors (Lipinski definition) is 2. The molecule has 1 aromatic heterocycles. The quantitative estimate of drug-likeness (QED) is 0.722. The maximum Gasteiger partial charge on any atom is 0.194 e. The molecule has 0 radical (unpaired) electrons. The van der Waals surface area contributed by atoms with E-state index in [1.807, 2.05) is 13.0 Å². The molecule has 0 saturated heterocycles. The van der Waals surface area contributed by atoms with Crippen LogP contribution in [-0.2, 0) is 13.0 Å². The fourth-order valence-corrected chi connectivity index (χ4v) is 2.67. The van der Waals surface area contributed by atoms with Gasteiger partial charge in [0, 0.05) is 36.2 Å². The van der Waals surface area contributed by atoms with E-state index in [9.17, 15) is 4.79 Å². The Hall–Kier alpha value is -1.61. The third kappa shape index (κ3) is 1.58. The first-order valence-electron chi connectivity index (χ1n) is 6.02. The minimum Gasteiger partial charge on any atom is -0.358 e. The fraction of sp³-hybridized carbons (Fsp3) is 0.357. The lowest BCUT2D eigenvalue weighted by Crippen LogP contribution is -2.30. The molecule has 0 aliphatic carbocycles. The van der Waals surface area contributed by atoms with Gasteiger partial charge in [0.1, 0.15) is 0 Å².